The van der Waals surface area contributed by atoms with E-state index in [0.29, 0.717) is 0 Å². The van der Waals surface area contributed by atoms with E-state index in [0.717, 1.165) is 10.0 Å². The van der Waals surface area contributed by atoms with E-state index < -0.39 is 0 Å². The fourth-order valence-electron chi connectivity index (χ4n) is 0.943. The van der Waals surface area contributed by atoms with E-state index in [-0.39, 0.29) is 5.97 Å². The Morgan fingerprint density at radius 2 is 1.93 bits per heavy atom. The highest BCUT2D eigenvalue weighted by atomic mass is 79.9. The predicted molar refractivity (Wildman–Crippen MR) is 64.3 cm³/mol. The van der Waals surface area contributed by atoms with Crippen molar-refractivity contribution in [2.45, 2.75) is 0 Å². The Labute approximate surface area is 97.4 Å². The first-order valence-electron chi connectivity index (χ1n) is 4.40. The highest BCUT2D eigenvalue weighted by molar-refractivity contribution is 9.10. The Balaban J connectivity index is 2.55. The minimum atomic E-state index is -0.351. The van der Waals surface area contributed by atoms with Crippen molar-refractivity contribution in [1.29, 1.82) is 0 Å². The topological polar surface area (TPSA) is 26.3 Å². The van der Waals surface area contributed by atoms with Crippen LogP contribution in [0.25, 0.3) is 6.08 Å². The van der Waals surface area contributed by atoms with Crippen molar-refractivity contribution < 1.29 is 9.53 Å². The molecule has 15 heavy (non-hydrogen) atoms. The van der Waals surface area contributed by atoms with Crippen LogP contribution >= 0.6 is 15.9 Å². The molecule has 0 aliphatic carbocycles. The van der Waals surface area contributed by atoms with Crippen LogP contribution < -0.4 is 0 Å². The maximum Gasteiger partial charge on any atom is 0.330 e. The second-order valence-electron chi connectivity index (χ2n) is 2.79. The highest BCUT2D eigenvalue weighted by Crippen LogP contribution is 2.11. The van der Waals surface area contributed by atoms with Gasteiger partial charge in [-0.2, -0.15) is 0 Å². The number of methoxy groups -OCH3 is 1. The molecule has 0 atom stereocenters. The molecular formula is C12H11BrO2. The molecule has 78 valence electrons. The van der Waals surface area contributed by atoms with Gasteiger partial charge in [-0.3, -0.25) is 0 Å². The van der Waals surface area contributed by atoms with Crippen LogP contribution in [0.4, 0.5) is 0 Å². The van der Waals surface area contributed by atoms with Gasteiger partial charge in [-0.15, -0.1) is 0 Å². The van der Waals surface area contributed by atoms with Gasteiger partial charge < -0.3 is 4.74 Å². The van der Waals surface area contributed by atoms with Gasteiger partial charge in [0, 0.05) is 10.5 Å². The average Bonchev–Trinajstić information content (AvgIpc) is 2.26. The molecule has 0 amide bonds. The van der Waals surface area contributed by atoms with Gasteiger partial charge in [-0.25, -0.2) is 4.79 Å². The Kier molecular flexibility index (Phi) is 4.84. The van der Waals surface area contributed by atoms with Gasteiger partial charge in [-0.1, -0.05) is 46.3 Å². The van der Waals surface area contributed by atoms with Gasteiger partial charge in [0.15, 0.2) is 0 Å². The van der Waals surface area contributed by atoms with Gasteiger partial charge in [0.25, 0.3) is 0 Å². The third-order valence-electron chi connectivity index (χ3n) is 1.70. The maximum absolute atomic E-state index is 10.7. The summed E-state index contributed by atoms with van der Waals surface area (Å²) < 4.78 is 5.50. The molecule has 0 aliphatic rings. The summed E-state index contributed by atoms with van der Waals surface area (Å²) in [4.78, 5) is 10.7. The molecule has 0 aromatic heterocycles. The summed E-state index contributed by atoms with van der Waals surface area (Å²) in [5.41, 5.74) is 1.08. The van der Waals surface area contributed by atoms with E-state index in [1.165, 1.54) is 13.2 Å². The molecule has 0 fully saturated rings. The second-order valence-corrected chi connectivity index (χ2v) is 3.71. The first kappa shape index (κ1) is 11.7. The van der Waals surface area contributed by atoms with Crippen LogP contribution in [0.2, 0.25) is 0 Å². The lowest BCUT2D eigenvalue weighted by atomic mass is 10.2. The number of hydrogen-bond acceptors (Lipinski definition) is 2. The summed E-state index contributed by atoms with van der Waals surface area (Å²) in [6.45, 7) is 0. The lowest BCUT2D eigenvalue weighted by molar-refractivity contribution is -0.134. The van der Waals surface area contributed by atoms with E-state index in [9.17, 15) is 4.79 Å². The summed E-state index contributed by atoms with van der Waals surface area (Å²) in [7, 11) is 1.35. The number of carbonyl (C=O) groups is 1. The van der Waals surface area contributed by atoms with Crippen LogP contribution in [0.1, 0.15) is 5.56 Å². The third-order valence-corrected chi connectivity index (χ3v) is 2.23. The number of allylic oxidation sites excluding steroid dienone is 2. The molecular weight excluding hydrogens is 256 g/mol. The number of esters is 1. The van der Waals surface area contributed by atoms with Crippen molar-refractivity contribution in [3.8, 4) is 0 Å². The molecule has 2 nitrogen and oxygen atoms in total. The van der Waals surface area contributed by atoms with Gasteiger partial charge >= 0.3 is 5.97 Å². The Bertz CT molecular complexity index is 377. The van der Waals surface area contributed by atoms with Crippen molar-refractivity contribution in [3.05, 3.63) is 52.5 Å². The molecule has 0 spiro atoms. The summed E-state index contributed by atoms with van der Waals surface area (Å²) in [5.74, 6) is -0.351. The first-order valence-corrected chi connectivity index (χ1v) is 5.20. The number of benzene rings is 1. The Morgan fingerprint density at radius 3 is 2.53 bits per heavy atom. The molecule has 0 bridgehead atoms. The van der Waals surface area contributed by atoms with Crippen LogP contribution in [0.3, 0.4) is 0 Å². The molecule has 0 unspecified atom stereocenters. The number of hydrogen-bond donors (Lipinski definition) is 0. The first-order chi connectivity index (χ1) is 7.22. The number of halogens is 1. The van der Waals surface area contributed by atoms with E-state index in [4.69, 9.17) is 0 Å². The minimum Gasteiger partial charge on any atom is -0.466 e. The van der Waals surface area contributed by atoms with Crippen molar-refractivity contribution in [2.75, 3.05) is 7.11 Å². The van der Waals surface area contributed by atoms with E-state index >= 15 is 0 Å². The van der Waals surface area contributed by atoms with Crippen molar-refractivity contribution >= 4 is 28.0 Å². The molecule has 1 aromatic rings. The zero-order chi connectivity index (χ0) is 11.1. The van der Waals surface area contributed by atoms with E-state index in [1.54, 1.807) is 12.2 Å². The largest absolute Gasteiger partial charge is 0.466 e. The monoisotopic (exact) mass is 266 g/mol. The summed E-state index contributed by atoms with van der Waals surface area (Å²) in [6.07, 6.45) is 6.72. The Morgan fingerprint density at radius 1 is 1.27 bits per heavy atom. The number of rotatable bonds is 3. The van der Waals surface area contributed by atoms with Crippen molar-refractivity contribution in [2.24, 2.45) is 0 Å². The molecule has 0 saturated carbocycles. The third kappa shape index (κ3) is 4.61. The molecule has 0 aliphatic heterocycles. The molecule has 3 heteroatoms. The van der Waals surface area contributed by atoms with Crippen LogP contribution in [-0.2, 0) is 9.53 Å². The molecule has 0 radical (unpaired) electrons. The lowest BCUT2D eigenvalue weighted by Gasteiger charge is -1.92. The second kappa shape index (κ2) is 6.19. The fourth-order valence-corrected chi connectivity index (χ4v) is 1.21. The summed E-state index contributed by atoms with van der Waals surface area (Å²) in [6, 6.07) is 7.88. The zero-order valence-electron chi connectivity index (χ0n) is 8.31. The summed E-state index contributed by atoms with van der Waals surface area (Å²) >= 11 is 3.36. The standard InChI is InChI=1S/C12H11BrO2/c1-15-12(14)5-3-2-4-10-6-8-11(13)9-7-10/h2-9H,1H3. The van der Waals surface area contributed by atoms with Gasteiger partial charge in [0.05, 0.1) is 7.11 Å². The van der Waals surface area contributed by atoms with Gasteiger partial charge in [0.1, 0.15) is 0 Å². The SMILES string of the molecule is COC(=O)C=CC=Cc1ccc(Br)cc1. The highest BCUT2D eigenvalue weighted by Gasteiger charge is 1.88. The predicted octanol–water partition coefficient (Wildman–Crippen LogP) is 3.19. The maximum atomic E-state index is 10.7. The molecule has 0 heterocycles. The van der Waals surface area contributed by atoms with Crippen LogP contribution in [-0.4, -0.2) is 13.1 Å². The minimum absolute atomic E-state index is 0.351. The fraction of sp³-hybridized carbons (Fsp3) is 0.0833. The number of carbonyl (C=O) groups excluding carboxylic acids is 1. The van der Waals surface area contributed by atoms with Crippen LogP contribution in [0, 0.1) is 0 Å². The molecule has 1 rings (SSSR count). The van der Waals surface area contributed by atoms with Crippen molar-refractivity contribution in [3.63, 3.8) is 0 Å². The summed E-state index contributed by atoms with van der Waals surface area (Å²) in [5, 5.41) is 0. The van der Waals surface area contributed by atoms with E-state index in [1.807, 2.05) is 30.3 Å². The smallest absolute Gasteiger partial charge is 0.330 e. The average molecular weight is 267 g/mol. The normalized spacial score (nSPS) is 11.1. The van der Waals surface area contributed by atoms with Crippen molar-refractivity contribution in [1.82, 2.24) is 0 Å². The molecule has 0 saturated heterocycles. The molecule has 0 N–H and O–H groups in total. The van der Waals surface area contributed by atoms with Crippen LogP contribution in [0.5, 0.6) is 0 Å². The van der Waals surface area contributed by atoms with Gasteiger partial charge in [0.2, 0.25) is 0 Å². The number of ether oxygens (including phenoxy) is 1. The van der Waals surface area contributed by atoms with E-state index in [2.05, 4.69) is 20.7 Å². The Hall–Kier alpha value is -1.35. The van der Waals surface area contributed by atoms with Crippen LogP contribution in [0.15, 0.2) is 47.0 Å². The molecule has 1 aromatic carbocycles. The van der Waals surface area contributed by atoms with Gasteiger partial charge in [-0.05, 0) is 17.7 Å². The lowest BCUT2D eigenvalue weighted by Crippen LogP contribution is -1.92. The quantitative estimate of drug-likeness (QED) is 0.477. The zero-order valence-corrected chi connectivity index (χ0v) is 9.90.